The van der Waals surface area contributed by atoms with E-state index in [1.54, 1.807) is 6.07 Å². The van der Waals surface area contributed by atoms with Gasteiger partial charge in [0, 0.05) is 29.3 Å². The van der Waals surface area contributed by atoms with Gasteiger partial charge in [0.1, 0.15) is 10.8 Å². The van der Waals surface area contributed by atoms with Crippen molar-refractivity contribution in [2.75, 3.05) is 11.9 Å². The van der Waals surface area contributed by atoms with Gasteiger partial charge in [-0.05, 0) is 31.5 Å². The number of halogens is 1. The molecule has 0 aliphatic heterocycles. The number of ether oxygens (including phenoxy) is 1. The molecule has 0 spiro atoms. The second-order valence-electron chi connectivity index (χ2n) is 5.75. The molecule has 1 aromatic rings. The summed E-state index contributed by atoms with van der Waals surface area (Å²) >= 11 is 4.98. The first-order valence-corrected chi connectivity index (χ1v) is 7.24. The summed E-state index contributed by atoms with van der Waals surface area (Å²) < 4.78 is 19.0. The van der Waals surface area contributed by atoms with Crippen LogP contribution in [0.5, 0.6) is 0 Å². The molecule has 1 saturated carbocycles. The fraction of sp³-hybridized carbons (Fsp3) is 0.533. The monoisotopic (exact) mass is 296 g/mol. The molecule has 110 valence electrons. The number of rotatable bonds is 5. The van der Waals surface area contributed by atoms with E-state index in [-0.39, 0.29) is 28.4 Å². The number of thiocarbonyl (C=S) groups is 1. The maximum Gasteiger partial charge on any atom is 0.124 e. The summed E-state index contributed by atoms with van der Waals surface area (Å²) in [7, 11) is 0. The Labute approximate surface area is 124 Å². The summed E-state index contributed by atoms with van der Waals surface area (Å²) in [5.74, 6) is -0.335. The third kappa shape index (κ3) is 2.79. The number of anilines is 1. The van der Waals surface area contributed by atoms with Crippen LogP contribution in [0, 0.1) is 11.2 Å². The van der Waals surface area contributed by atoms with E-state index in [4.69, 9.17) is 22.7 Å². The number of nitrogens with two attached hydrogens (primary N) is 1. The molecule has 1 aliphatic rings. The lowest BCUT2D eigenvalue weighted by molar-refractivity contribution is -0.0976. The van der Waals surface area contributed by atoms with E-state index in [2.05, 4.69) is 19.2 Å². The van der Waals surface area contributed by atoms with Gasteiger partial charge in [0.05, 0.1) is 6.10 Å². The third-order valence-corrected chi connectivity index (χ3v) is 4.34. The van der Waals surface area contributed by atoms with Crippen LogP contribution in [-0.4, -0.2) is 23.7 Å². The minimum absolute atomic E-state index is 0.0257. The summed E-state index contributed by atoms with van der Waals surface area (Å²) in [4.78, 5) is 0.200. The van der Waals surface area contributed by atoms with Gasteiger partial charge in [-0.3, -0.25) is 0 Å². The minimum atomic E-state index is -0.335. The summed E-state index contributed by atoms with van der Waals surface area (Å²) in [6.07, 6.45) is 1.17. The van der Waals surface area contributed by atoms with Crippen LogP contribution < -0.4 is 11.1 Å². The molecule has 1 fully saturated rings. The van der Waals surface area contributed by atoms with Gasteiger partial charge in [-0.2, -0.15) is 0 Å². The van der Waals surface area contributed by atoms with Gasteiger partial charge in [-0.1, -0.05) is 26.1 Å². The molecular weight excluding hydrogens is 275 g/mol. The number of benzene rings is 1. The first kappa shape index (κ1) is 15.2. The van der Waals surface area contributed by atoms with Gasteiger partial charge in [0.15, 0.2) is 0 Å². The zero-order chi connectivity index (χ0) is 14.9. The van der Waals surface area contributed by atoms with E-state index in [0.29, 0.717) is 5.56 Å². The molecule has 5 heteroatoms. The lowest BCUT2D eigenvalue weighted by atomic mass is 9.64. The number of hydrogen-bond donors (Lipinski definition) is 2. The van der Waals surface area contributed by atoms with Crippen molar-refractivity contribution in [1.29, 1.82) is 0 Å². The van der Waals surface area contributed by atoms with E-state index in [1.807, 2.05) is 6.92 Å². The molecule has 0 bridgehead atoms. The Balaban J connectivity index is 2.14. The lowest BCUT2D eigenvalue weighted by Crippen LogP contribution is -2.58. The van der Waals surface area contributed by atoms with Crippen molar-refractivity contribution < 1.29 is 9.13 Å². The second-order valence-corrected chi connectivity index (χ2v) is 6.19. The molecular formula is C15H21FN2OS. The second kappa shape index (κ2) is 5.66. The Kier molecular flexibility index (Phi) is 4.30. The van der Waals surface area contributed by atoms with Gasteiger partial charge < -0.3 is 15.8 Å². The van der Waals surface area contributed by atoms with Gasteiger partial charge >= 0.3 is 0 Å². The van der Waals surface area contributed by atoms with E-state index in [9.17, 15) is 4.39 Å². The van der Waals surface area contributed by atoms with E-state index in [1.165, 1.54) is 12.1 Å². The standard InChI is InChI=1S/C15H21FN2OS/c1-4-19-13-8-12(15(13,2)3)18-11-6-5-9(16)7-10(11)14(17)20/h5-7,12-13,18H,4,8H2,1-3H3,(H2,17,20). The molecule has 0 radical (unpaired) electrons. The van der Waals surface area contributed by atoms with Gasteiger partial charge in [0.25, 0.3) is 0 Å². The van der Waals surface area contributed by atoms with E-state index >= 15 is 0 Å². The predicted octanol–water partition coefficient (Wildman–Crippen LogP) is 3.08. The average molecular weight is 296 g/mol. The first-order chi connectivity index (χ1) is 9.36. The van der Waals surface area contributed by atoms with Crippen LogP contribution in [0.4, 0.5) is 10.1 Å². The van der Waals surface area contributed by atoms with E-state index < -0.39 is 0 Å². The fourth-order valence-corrected chi connectivity index (χ4v) is 2.82. The van der Waals surface area contributed by atoms with Crippen LogP contribution in [0.15, 0.2) is 18.2 Å². The van der Waals surface area contributed by atoms with Crippen molar-refractivity contribution in [3.63, 3.8) is 0 Å². The minimum Gasteiger partial charge on any atom is -0.389 e. The van der Waals surface area contributed by atoms with Crippen molar-refractivity contribution in [3.8, 4) is 0 Å². The molecule has 0 amide bonds. The molecule has 3 nitrogen and oxygen atoms in total. The zero-order valence-electron chi connectivity index (χ0n) is 12.1. The molecule has 0 heterocycles. The Morgan fingerprint density at radius 1 is 1.55 bits per heavy atom. The maximum absolute atomic E-state index is 13.3. The summed E-state index contributed by atoms with van der Waals surface area (Å²) in [6, 6.07) is 4.73. The van der Waals surface area contributed by atoms with Gasteiger partial charge in [-0.25, -0.2) is 4.39 Å². The molecule has 0 saturated heterocycles. The average Bonchev–Trinajstić information content (AvgIpc) is 2.39. The van der Waals surface area contributed by atoms with Crippen molar-refractivity contribution in [2.24, 2.45) is 11.1 Å². The number of nitrogens with one attached hydrogen (secondary N) is 1. The van der Waals surface area contributed by atoms with Crippen LogP contribution in [-0.2, 0) is 4.74 Å². The summed E-state index contributed by atoms with van der Waals surface area (Å²) in [5, 5.41) is 3.42. The fourth-order valence-electron chi connectivity index (χ4n) is 2.65. The largest absolute Gasteiger partial charge is 0.389 e. The molecule has 1 aromatic carbocycles. The molecule has 1 aliphatic carbocycles. The van der Waals surface area contributed by atoms with Gasteiger partial charge in [0.2, 0.25) is 0 Å². The zero-order valence-corrected chi connectivity index (χ0v) is 12.9. The highest BCUT2D eigenvalue weighted by molar-refractivity contribution is 7.80. The quantitative estimate of drug-likeness (QED) is 0.820. The van der Waals surface area contributed by atoms with Crippen LogP contribution in [0.1, 0.15) is 32.8 Å². The van der Waals surface area contributed by atoms with Crippen LogP contribution in [0.25, 0.3) is 0 Å². The Morgan fingerprint density at radius 3 is 2.80 bits per heavy atom. The molecule has 2 rings (SSSR count). The smallest absolute Gasteiger partial charge is 0.124 e. The van der Waals surface area contributed by atoms with Crippen molar-refractivity contribution in [2.45, 2.75) is 39.3 Å². The summed E-state index contributed by atoms with van der Waals surface area (Å²) in [6.45, 7) is 7.05. The molecule has 2 atom stereocenters. The third-order valence-electron chi connectivity index (χ3n) is 4.12. The molecule has 0 aromatic heterocycles. The molecule has 20 heavy (non-hydrogen) atoms. The van der Waals surface area contributed by atoms with Crippen LogP contribution in [0.3, 0.4) is 0 Å². The Hall–Kier alpha value is -1.20. The normalized spacial score (nSPS) is 24.0. The van der Waals surface area contributed by atoms with Crippen LogP contribution in [0.2, 0.25) is 0 Å². The van der Waals surface area contributed by atoms with Crippen molar-refractivity contribution in [3.05, 3.63) is 29.6 Å². The van der Waals surface area contributed by atoms with E-state index in [0.717, 1.165) is 18.7 Å². The Morgan fingerprint density at radius 2 is 2.25 bits per heavy atom. The summed E-state index contributed by atoms with van der Waals surface area (Å²) in [5.41, 5.74) is 7.02. The first-order valence-electron chi connectivity index (χ1n) is 6.83. The number of hydrogen-bond acceptors (Lipinski definition) is 3. The topological polar surface area (TPSA) is 47.3 Å². The highest BCUT2D eigenvalue weighted by atomic mass is 32.1. The van der Waals surface area contributed by atoms with Crippen LogP contribution >= 0.6 is 12.2 Å². The van der Waals surface area contributed by atoms with Crippen molar-refractivity contribution >= 4 is 22.9 Å². The SMILES string of the molecule is CCOC1CC(Nc2ccc(F)cc2C(N)=S)C1(C)C. The maximum atomic E-state index is 13.3. The highest BCUT2D eigenvalue weighted by Crippen LogP contribution is 2.44. The predicted molar refractivity (Wildman–Crippen MR) is 83.5 cm³/mol. The highest BCUT2D eigenvalue weighted by Gasteiger charge is 2.49. The molecule has 2 unspecified atom stereocenters. The van der Waals surface area contributed by atoms with Crippen molar-refractivity contribution in [1.82, 2.24) is 0 Å². The molecule has 3 N–H and O–H groups in total. The Bertz CT molecular complexity index is 519. The van der Waals surface area contributed by atoms with Gasteiger partial charge in [-0.15, -0.1) is 0 Å². The lowest BCUT2D eigenvalue weighted by Gasteiger charge is -2.52.